The largest absolute Gasteiger partial charge is 0.399 e. The highest BCUT2D eigenvalue weighted by atomic mass is 35.5. The zero-order chi connectivity index (χ0) is 15.6. The van der Waals surface area contributed by atoms with Crippen LogP contribution in [0.1, 0.15) is 37.0 Å². The van der Waals surface area contributed by atoms with E-state index in [4.69, 9.17) is 17.3 Å². The first-order valence-corrected chi connectivity index (χ1v) is 7.84. The third-order valence-electron chi connectivity index (χ3n) is 4.32. The van der Waals surface area contributed by atoms with Gasteiger partial charge in [0.25, 0.3) is 5.91 Å². The lowest BCUT2D eigenvalue weighted by molar-refractivity contribution is 0.0615. The number of nitrogen functional groups attached to an aromatic ring is 1. The molecule has 1 amide bonds. The van der Waals surface area contributed by atoms with Gasteiger partial charge in [-0.2, -0.15) is 0 Å². The normalized spacial score (nSPS) is 17.2. The molecule has 1 aromatic carbocycles. The number of piperidine rings is 1. The molecule has 1 heterocycles. The van der Waals surface area contributed by atoms with E-state index in [-0.39, 0.29) is 11.9 Å². The average molecular weight is 310 g/mol. The molecule has 0 atom stereocenters. The van der Waals surface area contributed by atoms with E-state index in [9.17, 15) is 4.79 Å². The van der Waals surface area contributed by atoms with Crippen LogP contribution in [0, 0.1) is 0 Å². The quantitative estimate of drug-likeness (QED) is 0.874. The lowest BCUT2D eigenvalue weighted by Crippen LogP contribution is -2.47. The van der Waals surface area contributed by atoms with E-state index < -0.39 is 0 Å². The molecule has 0 spiro atoms. The summed E-state index contributed by atoms with van der Waals surface area (Å²) in [4.78, 5) is 16.9. The summed E-state index contributed by atoms with van der Waals surface area (Å²) >= 11 is 6.14. The van der Waals surface area contributed by atoms with Crippen LogP contribution in [-0.2, 0) is 0 Å². The summed E-state index contributed by atoms with van der Waals surface area (Å²) in [6.07, 6.45) is 2.01. The Kier molecular flexibility index (Phi) is 5.12. The number of benzene rings is 1. The van der Waals surface area contributed by atoms with Crippen molar-refractivity contribution in [3.63, 3.8) is 0 Å². The van der Waals surface area contributed by atoms with Crippen LogP contribution in [0.3, 0.4) is 0 Å². The highest BCUT2D eigenvalue weighted by Gasteiger charge is 2.27. The molecule has 116 valence electrons. The van der Waals surface area contributed by atoms with Crippen LogP contribution in [0.25, 0.3) is 0 Å². The van der Waals surface area contributed by atoms with Gasteiger partial charge < -0.3 is 15.5 Å². The summed E-state index contributed by atoms with van der Waals surface area (Å²) in [5.41, 5.74) is 6.78. The Morgan fingerprint density at radius 1 is 1.38 bits per heavy atom. The molecule has 0 aromatic heterocycles. The fraction of sp³-hybridized carbons (Fsp3) is 0.562. The molecule has 1 aliphatic heterocycles. The molecule has 0 aliphatic carbocycles. The van der Waals surface area contributed by atoms with Crippen molar-refractivity contribution in [2.75, 3.05) is 25.9 Å². The van der Waals surface area contributed by atoms with Gasteiger partial charge in [-0.05, 0) is 44.9 Å². The number of anilines is 1. The van der Waals surface area contributed by atoms with Crippen LogP contribution < -0.4 is 5.73 Å². The monoisotopic (exact) mass is 309 g/mol. The first-order chi connectivity index (χ1) is 9.90. The number of nitrogens with two attached hydrogens (primary N) is 1. The van der Waals surface area contributed by atoms with Gasteiger partial charge in [0.1, 0.15) is 0 Å². The number of likely N-dealkylation sites (tertiary alicyclic amines) is 1. The summed E-state index contributed by atoms with van der Waals surface area (Å²) in [7, 11) is 1.87. The maximum atomic E-state index is 12.6. The molecule has 0 unspecified atom stereocenters. The minimum absolute atomic E-state index is 0.0250. The summed E-state index contributed by atoms with van der Waals surface area (Å²) in [5.74, 6) is -0.0250. The molecule has 1 fully saturated rings. The van der Waals surface area contributed by atoms with E-state index in [0.29, 0.717) is 22.3 Å². The van der Waals surface area contributed by atoms with Gasteiger partial charge in [0.05, 0.1) is 10.6 Å². The third-order valence-corrected chi connectivity index (χ3v) is 4.63. The lowest BCUT2D eigenvalue weighted by atomic mass is 10.0. The van der Waals surface area contributed by atoms with Gasteiger partial charge in [0, 0.05) is 37.9 Å². The van der Waals surface area contributed by atoms with Crippen LogP contribution in [0.5, 0.6) is 0 Å². The van der Waals surface area contributed by atoms with Gasteiger partial charge in [0.2, 0.25) is 0 Å². The second kappa shape index (κ2) is 6.67. The zero-order valence-electron chi connectivity index (χ0n) is 13.0. The topological polar surface area (TPSA) is 49.6 Å². The molecule has 2 rings (SSSR count). The highest BCUT2D eigenvalue weighted by Crippen LogP contribution is 2.23. The van der Waals surface area contributed by atoms with Crippen molar-refractivity contribution in [3.8, 4) is 0 Å². The molecular formula is C16H24ClN3O. The second-order valence-electron chi connectivity index (χ2n) is 6.02. The van der Waals surface area contributed by atoms with Crippen LogP contribution in [-0.4, -0.2) is 47.9 Å². The van der Waals surface area contributed by atoms with E-state index in [2.05, 4.69) is 18.7 Å². The molecule has 1 saturated heterocycles. The number of hydrogen-bond donors (Lipinski definition) is 1. The van der Waals surface area contributed by atoms with Crippen molar-refractivity contribution in [2.24, 2.45) is 0 Å². The number of carbonyl (C=O) groups excluding carboxylic acids is 1. The smallest absolute Gasteiger partial charge is 0.255 e. The van der Waals surface area contributed by atoms with Crippen molar-refractivity contribution >= 4 is 23.2 Å². The van der Waals surface area contributed by atoms with Crippen LogP contribution >= 0.6 is 11.6 Å². The zero-order valence-corrected chi connectivity index (χ0v) is 13.7. The second-order valence-corrected chi connectivity index (χ2v) is 6.42. The molecule has 1 aromatic rings. The Hall–Kier alpha value is -1.26. The van der Waals surface area contributed by atoms with Gasteiger partial charge in [-0.15, -0.1) is 0 Å². The Bertz CT molecular complexity index is 510. The maximum absolute atomic E-state index is 12.6. The average Bonchev–Trinajstić information content (AvgIpc) is 2.46. The van der Waals surface area contributed by atoms with Gasteiger partial charge in [-0.25, -0.2) is 0 Å². The van der Waals surface area contributed by atoms with Gasteiger partial charge in [0.15, 0.2) is 0 Å². The van der Waals surface area contributed by atoms with Crippen LogP contribution in [0.2, 0.25) is 5.02 Å². The Balaban J connectivity index is 2.03. The Morgan fingerprint density at radius 2 is 2.00 bits per heavy atom. The van der Waals surface area contributed by atoms with Crippen LogP contribution in [0.4, 0.5) is 5.69 Å². The minimum Gasteiger partial charge on any atom is -0.399 e. The van der Waals surface area contributed by atoms with Crippen molar-refractivity contribution < 1.29 is 4.79 Å². The van der Waals surface area contributed by atoms with Crippen molar-refractivity contribution in [1.29, 1.82) is 0 Å². The highest BCUT2D eigenvalue weighted by molar-refractivity contribution is 6.34. The van der Waals surface area contributed by atoms with Crippen molar-refractivity contribution in [2.45, 2.75) is 38.8 Å². The number of halogens is 1. The van der Waals surface area contributed by atoms with E-state index in [1.54, 1.807) is 18.2 Å². The van der Waals surface area contributed by atoms with Gasteiger partial charge in [-0.1, -0.05) is 11.6 Å². The number of nitrogens with zero attached hydrogens (tertiary/aromatic N) is 2. The first kappa shape index (κ1) is 16.1. The summed E-state index contributed by atoms with van der Waals surface area (Å²) in [6.45, 7) is 6.50. The fourth-order valence-corrected chi connectivity index (χ4v) is 3.12. The number of carbonyl (C=O) groups is 1. The predicted octanol–water partition coefficient (Wildman–Crippen LogP) is 2.87. The Morgan fingerprint density at radius 3 is 2.52 bits per heavy atom. The molecular weight excluding hydrogens is 286 g/mol. The Labute approximate surface area is 131 Å². The molecule has 21 heavy (non-hydrogen) atoms. The molecule has 0 radical (unpaired) electrons. The van der Waals surface area contributed by atoms with E-state index in [0.717, 1.165) is 25.9 Å². The number of amides is 1. The van der Waals surface area contributed by atoms with Crippen LogP contribution in [0.15, 0.2) is 18.2 Å². The predicted molar refractivity (Wildman–Crippen MR) is 87.7 cm³/mol. The number of rotatable bonds is 3. The van der Waals surface area contributed by atoms with Crippen molar-refractivity contribution in [3.05, 3.63) is 28.8 Å². The fourth-order valence-electron chi connectivity index (χ4n) is 2.85. The minimum atomic E-state index is -0.0250. The maximum Gasteiger partial charge on any atom is 0.255 e. The standard InChI is InChI=1S/C16H24ClN3O/c1-11(2)20-8-6-13(7-9-20)19(3)16(21)14-5-4-12(18)10-15(14)17/h4-5,10-11,13H,6-9,18H2,1-3H3. The summed E-state index contributed by atoms with van der Waals surface area (Å²) in [5, 5.41) is 0.423. The molecule has 5 heteroatoms. The van der Waals surface area contributed by atoms with Crippen molar-refractivity contribution in [1.82, 2.24) is 9.80 Å². The number of hydrogen-bond acceptors (Lipinski definition) is 3. The summed E-state index contributed by atoms with van der Waals surface area (Å²) in [6, 6.07) is 5.90. The molecule has 0 bridgehead atoms. The van der Waals surface area contributed by atoms with E-state index in [1.807, 2.05) is 11.9 Å². The molecule has 0 saturated carbocycles. The lowest BCUT2D eigenvalue weighted by Gasteiger charge is -2.38. The van der Waals surface area contributed by atoms with E-state index in [1.165, 1.54) is 0 Å². The van der Waals surface area contributed by atoms with Gasteiger partial charge >= 0.3 is 0 Å². The van der Waals surface area contributed by atoms with E-state index >= 15 is 0 Å². The molecule has 2 N–H and O–H groups in total. The summed E-state index contributed by atoms with van der Waals surface area (Å²) < 4.78 is 0. The third kappa shape index (κ3) is 3.69. The SMILES string of the molecule is CC(C)N1CCC(N(C)C(=O)c2ccc(N)cc2Cl)CC1. The first-order valence-electron chi connectivity index (χ1n) is 7.46. The molecule has 1 aliphatic rings. The molecule has 4 nitrogen and oxygen atoms in total. The van der Waals surface area contributed by atoms with Gasteiger partial charge in [-0.3, -0.25) is 4.79 Å².